The minimum absolute atomic E-state index is 0.153. The fourth-order valence-electron chi connectivity index (χ4n) is 5.32. The van der Waals surface area contributed by atoms with Gasteiger partial charge in [-0.2, -0.15) is 0 Å². The summed E-state index contributed by atoms with van der Waals surface area (Å²) in [6.07, 6.45) is 6.38. The number of aryl methyl sites for hydroxylation is 1. The number of rotatable bonds is 6. The Bertz CT molecular complexity index is 1020. The van der Waals surface area contributed by atoms with E-state index in [0.717, 1.165) is 36.5 Å². The Kier molecular flexibility index (Phi) is 4.72. The molecule has 2 bridgehead atoms. The highest BCUT2D eigenvalue weighted by Crippen LogP contribution is 2.49. The third-order valence-corrected chi connectivity index (χ3v) is 6.73. The average Bonchev–Trinajstić information content (AvgIpc) is 3.18. The van der Waals surface area contributed by atoms with E-state index >= 15 is 0 Å². The van der Waals surface area contributed by atoms with Gasteiger partial charge in [0.2, 0.25) is 0 Å². The zero-order valence-electron chi connectivity index (χ0n) is 16.9. The van der Waals surface area contributed by atoms with Crippen molar-refractivity contribution in [1.82, 2.24) is 15.0 Å². The first-order valence-corrected chi connectivity index (χ1v) is 10.4. The Morgan fingerprint density at radius 1 is 1.34 bits per heavy atom. The van der Waals surface area contributed by atoms with Crippen LogP contribution in [-0.4, -0.2) is 34.7 Å². The second-order valence-electron chi connectivity index (χ2n) is 8.43. The summed E-state index contributed by atoms with van der Waals surface area (Å²) in [5.74, 6) is 1.97. The predicted molar refractivity (Wildman–Crippen MR) is 112 cm³/mol. The molecule has 5 heteroatoms. The van der Waals surface area contributed by atoms with E-state index in [4.69, 9.17) is 9.26 Å². The maximum absolute atomic E-state index is 6.28. The maximum atomic E-state index is 6.28. The molecule has 5 nitrogen and oxygen atoms in total. The summed E-state index contributed by atoms with van der Waals surface area (Å²) in [7, 11) is 0. The van der Waals surface area contributed by atoms with Crippen molar-refractivity contribution in [2.75, 3.05) is 19.7 Å². The highest BCUT2D eigenvalue weighted by Gasteiger charge is 2.50. The molecule has 1 aromatic carbocycles. The monoisotopic (exact) mass is 389 g/mol. The molecule has 0 amide bonds. The Labute approximate surface area is 171 Å². The molecule has 150 valence electrons. The van der Waals surface area contributed by atoms with Gasteiger partial charge in [0.25, 0.3) is 0 Å². The normalized spacial score (nSPS) is 28.7. The van der Waals surface area contributed by atoms with Crippen LogP contribution in [-0.2, 0) is 16.9 Å². The summed E-state index contributed by atoms with van der Waals surface area (Å²) < 4.78 is 11.6. The maximum Gasteiger partial charge on any atom is 0.162 e. The number of ether oxygens (including phenoxy) is 1. The first kappa shape index (κ1) is 18.5. The number of fused-ring (bicyclic) bond motifs is 4. The van der Waals surface area contributed by atoms with Crippen molar-refractivity contribution in [3.63, 3.8) is 0 Å². The fourth-order valence-corrected chi connectivity index (χ4v) is 5.32. The van der Waals surface area contributed by atoms with Gasteiger partial charge in [-0.1, -0.05) is 29.4 Å². The highest BCUT2D eigenvalue weighted by molar-refractivity contribution is 5.83. The number of benzene rings is 1. The standard InChI is InChI=1S/C24H27N3O2/c1-3-18-14-27-11-9-19(18)13-24(27,16-28-15-20-12-17(2)26-29-20)22-8-10-25-23-7-5-4-6-21(22)23/h3-8,10,12,18-19H,1,9,11,13-16H2,2H3. The van der Waals surface area contributed by atoms with Gasteiger partial charge >= 0.3 is 0 Å². The number of aromatic nitrogens is 2. The van der Waals surface area contributed by atoms with Crippen LogP contribution in [0.3, 0.4) is 0 Å². The summed E-state index contributed by atoms with van der Waals surface area (Å²) in [4.78, 5) is 7.21. The summed E-state index contributed by atoms with van der Waals surface area (Å²) in [5, 5.41) is 5.19. The van der Waals surface area contributed by atoms with Gasteiger partial charge in [0.1, 0.15) is 6.61 Å². The van der Waals surface area contributed by atoms with Crippen molar-refractivity contribution in [2.45, 2.75) is 31.9 Å². The summed E-state index contributed by atoms with van der Waals surface area (Å²) >= 11 is 0. The summed E-state index contributed by atoms with van der Waals surface area (Å²) in [6.45, 7) is 9.22. The molecule has 6 rings (SSSR count). The molecule has 3 aliphatic heterocycles. The Morgan fingerprint density at radius 2 is 2.24 bits per heavy atom. The van der Waals surface area contributed by atoms with Gasteiger partial charge in [0.05, 0.1) is 23.4 Å². The van der Waals surface area contributed by atoms with E-state index in [1.165, 1.54) is 17.4 Å². The van der Waals surface area contributed by atoms with E-state index in [-0.39, 0.29) is 5.54 Å². The second kappa shape index (κ2) is 7.39. The van der Waals surface area contributed by atoms with E-state index in [1.807, 2.05) is 19.2 Å². The van der Waals surface area contributed by atoms with Crippen molar-refractivity contribution >= 4 is 10.9 Å². The Morgan fingerprint density at radius 3 is 3.00 bits per heavy atom. The molecule has 3 aromatic rings. The molecule has 3 fully saturated rings. The van der Waals surface area contributed by atoms with Crippen molar-refractivity contribution < 1.29 is 9.26 Å². The van der Waals surface area contributed by atoms with Gasteiger partial charge < -0.3 is 9.26 Å². The minimum atomic E-state index is -0.153. The van der Waals surface area contributed by atoms with Crippen LogP contribution in [0.15, 0.2) is 59.8 Å². The van der Waals surface area contributed by atoms with Crippen molar-refractivity contribution in [1.29, 1.82) is 0 Å². The molecule has 4 unspecified atom stereocenters. The van der Waals surface area contributed by atoms with E-state index in [0.29, 0.717) is 25.0 Å². The smallest absolute Gasteiger partial charge is 0.162 e. The van der Waals surface area contributed by atoms with Crippen LogP contribution in [0.1, 0.15) is 29.9 Å². The quantitative estimate of drug-likeness (QED) is 0.582. The largest absolute Gasteiger partial charge is 0.371 e. The van der Waals surface area contributed by atoms with Crippen molar-refractivity contribution in [3.8, 4) is 0 Å². The van der Waals surface area contributed by atoms with Crippen LogP contribution in [0.25, 0.3) is 10.9 Å². The SMILES string of the molecule is C=CC1CN2CCC1CC2(COCc1cc(C)no1)c1ccnc2ccccc12. The van der Waals surface area contributed by atoms with Crippen LogP contribution in [0.5, 0.6) is 0 Å². The van der Waals surface area contributed by atoms with Crippen molar-refractivity contribution in [2.24, 2.45) is 11.8 Å². The number of pyridine rings is 1. The third kappa shape index (κ3) is 3.18. The van der Waals surface area contributed by atoms with E-state index in [9.17, 15) is 0 Å². The molecule has 0 N–H and O–H groups in total. The fraction of sp³-hybridized carbons (Fsp3) is 0.417. The molecule has 2 aromatic heterocycles. The van der Waals surface area contributed by atoms with E-state index in [1.54, 1.807) is 0 Å². The molecule has 3 saturated heterocycles. The first-order chi connectivity index (χ1) is 14.2. The molecule has 0 aliphatic carbocycles. The lowest BCUT2D eigenvalue weighted by molar-refractivity contribution is -0.103. The van der Waals surface area contributed by atoms with Crippen LogP contribution in [0, 0.1) is 18.8 Å². The van der Waals surface area contributed by atoms with Gasteiger partial charge in [-0.3, -0.25) is 9.88 Å². The molecule has 4 atom stereocenters. The lowest BCUT2D eigenvalue weighted by atomic mass is 9.66. The van der Waals surface area contributed by atoms with Gasteiger partial charge in [0, 0.05) is 24.2 Å². The Hall–Kier alpha value is -2.50. The number of hydrogen-bond acceptors (Lipinski definition) is 5. The number of nitrogens with zero attached hydrogens (tertiary/aromatic N) is 3. The molecule has 0 radical (unpaired) electrons. The van der Waals surface area contributed by atoms with Gasteiger partial charge in [0.15, 0.2) is 5.76 Å². The zero-order chi connectivity index (χ0) is 19.8. The molecule has 0 saturated carbocycles. The van der Waals surface area contributed by atoms with Gasteiger partial charge in [-0.05, 0) is 55.8 Å². The number of hydrogen-bond donors (Lipinski definition) is 0. The zero-order valence-corrected chi connectivity index (χ0v) is 16.9. The van der Waals surface area contributed by atoms with Gasteiger partial charge in [-0.15, -0.1) is 6.58 Å². The lowest BCUT2D eigenvalue weighted by Gasteiger charge is -2.57. The molecule has 29 heavy (non-hydrogen) atoms. The highest BCUT2D eigenvalue weighted by atomic mass is 16.5. The molecule has 3 aliphatic rings. The van der Waals surface area contributed by atoms with Crippen LogP contribution in [0.4, 0.5) is 0 Å². The van der Waals surface area contributed by atoms with E-state index < -0.39 is 0 Å². The van der Waals surface area contributed by atoms with E-state index in [2.05, 4.69) is 58.0 Å². The first-order valence-electron chi connectivity index (χ1n) is 10.4. The molecular formula is C24H27N3O2. The third-order valence-electron chi connectivity index (χ3n) is 6.73. The van der Waals surface area contributed by atoms with Crippen LogP contribution < -0.4 is 0 Å². The summed E-state index contributed by atoms with van der Waals surface area (Å²) in [6, 6.07) is 12.6. The second-order valence-corrected chi connectivity index (χ2v) is 8.43. The Balaban J connectivity index is 1.52. The average molecular weight is 389 g/mol. The van der Waals surface area contributed by atoms with Crippen LogP contribution >= 0.6 is 0 Å². The minimum Gasteiger partial charge on any atom is -0.371 e. The van der Waals surface area contributed by atoms with Crippen molar-refractivity contribution in [3.05, 3.63) is 72.3 Å². The van der Waals surface area contributed by atoms with Gasteiger partial charge in [-0.25, -0.2) is 0 Å². The molecule has 5 heterocycles. The number of para-hydroxylation sites is 1. The summed E-state index contributed by atoms with van der Waals surface area (Å²) in [5.41, 5.74) is 3.09. The van der Waals surface area contributed by atoms with Crippen LogP contribution in [0.2, 0.25) is 0 Å². The molecule has 0 spiro atoms. The number of piperidine rings is 3. The topological polar surface area (TPSA) is 51.4 Å². The lowest BCUT2D eigenvalue weighted by Crippen LogP contribution is -2.61. The molecular weight excluding hydrogens is 362 g/mol. The predicted octanol–water partition coefficient (Wildman–Crippen LogP) is 4.47.